The Kier molecular flexibility index (Phi) is 5.93. The standard InChI is InChI=1S/C15H26N2O3S/c1-10(2)14-17(12(9-21-14)15(19)20)13(18)4-3-11-5-7-16-8-6-11/h10-12,14,16H,3-9H2,1-2H3,(H,19,20). The minimum atomic E-state index is -0.874. The van der Waals surface area contributed by atoms with Gasteiger partial charge in [-0.25, -0.2) is 4.79 Å². The van der Waals surface area contributed by atoms with Crippen molar-refractivity contribution < 1.29 is 14.7 Å². The van der Waals surface area contributed by atoms with Crippen molar-refractivity contribution >= 4 is 23.6 Å². The van der Waals surface area contributed by atoms with E-state index in [1.807, 2.05) is 0 Å². The average molecular weight is 314 g/mol. The van der Waals surface area contributed by atoms with Gasteiger partial charge in [0.15, 0.2) is 0 Å². The molecule has 0 aromatic heterocycles. The quantitative estimate of drug-likeness (QED) is 0.809. The number of rotatable bonds is 5. The van der Waals surface area contributed by atoms with E-state index >= 15 is 0 Å². The second-order valence-corrected chi connectivity index (χ2v) is 7.50. The van der Waals surface area contributed by atoms with Gasteiger partial charge in [0, 0.05) is 12.2 Å². The van der Waals surface area contributed by atoms with Crippen LogP contribution in [0, 0.1) is 11.8 Å². The van der Waals surface area contributed by atoms with Crippen molar-refractivity contribution in [3.05, 3.63) is 0 Å². The number of nitrogens with one attached hydrogen (secondary N) is 1. The molecule has 0 radical (unpaired) electrons. The SMILES string of the molecule is CC(C)C1SCC(C(=O)O)N1C(=O)CCC1CCNCC1. The largest absolute Gasteiger partial charge is 0.480 e. The highest BCUT2D eigenvalue weighted by Crippen LogP contribution is 2.35. The first kappa shape index (κ1) is 16.6. The van der Waals surface area contributed by atoms with Gasteiger partial charge in [0.25, 0.3) is 0 Å². The molecule has 2 N–H and O–H groups in total. The summed E-state index contributed by atoms with van der Waals surface area (Å²) in [4.78, 5) is 25.6. The van der Waals surface area contributed by atoms with E-state index in [-0.39, 0.29) is 17.2 Å². The Bertz CT molecular complexity index is 383. The molecule has 2 unspecified atom stereocenters. The third kappa shape index (κ3) is 4.13. The molecule has 120 valence electrons. The number of carboxylic acids is 1. The second kappa shape index (κ2) is 7.49. The molecule has 6 heteroatoms. The molecule has 21 heavy (non-hydrogen) atoms. The minimum absolute atomic E-state index is 0.00613. The lowest BCUT2D eigenvalue weighted by molar-refractivity contribution is -0.149. The zero-order valence-corrected chi connectivity index (χ0v) is 13.7. The number of carbonyl (C=O) groups excluding carboxylic acids is 1. The molecule has 0 bridgehead atoms. The average Bonchev–Trinajstić information content (AvgIpc) is 2.91. The Balaban J connectivity index is 1.94. The van der Waals surface area contributed by atoms with E-state index in [2.05, 4.69) is 19.2 Å². The molecular weight excluding hydrogens is 288 g/mol. The molecule has 0 aromatic carbocycles. The van der Waals surface area contributed by atoms with E-state index in [0.29, 0.717) is 18.1 Å². The molecule has 2 fully saturated rings. The van der Waals surface area contributed by atoms with Crippen LogP contribution in [0.3, 0.4) is 0 Å². The summed E-state index contributed by atoms with van der Waals surface area (Å²) >= 11 is 1.60. The normalized spacial score (nSPS) is 27.3. The number of thioether (sulfide) groups is 1. The topological polar surface area (TPSA) is 69.6 Å². The summed E-state index contributed by atoms with van der Waals surface area (Å²) in [5.74, 6) is 0.538. The summed E-state index contributed by atoms with van der Waals surface area (Å²) in [7, 11) is 0. The molecule has 0 spiro atoms. The number of hydrogen-bond donors (Lipinski definition) is 2. The van der Waals surface area contributed by atoms with Crippen LogP contribution in [0.4, 0.5) is 0 Å². The fraction of sp³-hybridized carbons (Fsp3) is 0.867. The predicted octanol–water partition coefficient (Wildman–Crippen LogP) is 1.78. The first-order valence-electron chi connectivity index (χ1n) is 7.87. The van der Waals surface area contributed by atoms with E-state index < -0.39 is 12.0 Å². The maximum absolute atomic E-state index is 12.6. The zero-order chi connectivity index (χ0) is 15.4. The minimum Gasteiger partial charge on any atom is -0.480 e. The summed E-state index contributed by atoms with van der Waals surface area (Å²) in [5.41, 5.74) is 0. The predicted molar refractivity (Wildman–Crippen MR) is 84.2 cm³/mol. The van der Waals surface area contributed by atoms with Crippen molar-refractivity contribution in [2.24, 2.45) is 11.8 Å². The van der Waals surface area contributed by atoms with Crippen LogP contribution in [0.15, 0.2) is 0 Å². The molecule has 0 saturated carbocycles. The lowest BCUT2D eigenvalue weighted by atomic mass is 9.93. The van der Waals surface area contributed by atoms with Crippen molar-refractivity contribution in [3.8, 4) is 0 Å². The number of carbonyl (C=O) groups is 2. The lowest BCUT2D eigenvalue weighted by Crippen LogP contribution is -2.47. The van der Waals surface area contributed by atoms with Crippen LogP contribution in [-0.2, 0) is 9.59 Å². The summed E-state index contributed by atoms with van der Waals surface area (Å²) in [6.45, 7) is 6.17. The number of aliphatic carboxylic acids is 1. The third-order valence-electron chi connectivity index (χ3n) is 4.40. The van der Waals surface area contributed by atoms with Gasteiger partial charge in [0.1, 0.15) is 6.04 Å². The molecular formula is C15H26N2O3S. The first-order chi connectivity index (χ1) is 10.0. The molecule has 2 heterocycles. The van der Waals surface area contributed by atoms with Crippen LogP contribution >= 0.6 is 11.8 Å². The van der Waals surface area contributed by atoms with Crippen LogP contribution in [0.2, 0.25) is 0 Å². The summed E-state index contributed by atoms with van der Waals surface area (Å²) < 4.78 is 0. The third-order valence-corrected chi connectivity index (χ3v) is 6.02. The zero-order valence-electron chi connectivity index (χ0n) is 12.9. The second-order valence-electron chi connectivity index (χ2n) is 6.36. The maximum Gasteiger partial charge on any atom is 0.327 e. The van der Waals surface area contributed by atoms with Crippen LogP contribution in [0.1, 0.15) is 39.5 Å². The lowest BCUT2D eigenvalue weighted by Gasteiger charge is -2.30. The van der Waals surface area contributed by atoms with E-state index in [0.717, 1.165) is 32.4 Å². The van der Waals surface area contributed by atoms with Crippen molar-refractivity contribution in [3.63, 3.8) is 0 Å². The molecule has 2 saturated heterocycles. The van der Waals surface area contributed by atoms with Gasteiger partial charge in [0.05, 0.1) is 5.37 Å². The van der Waals surface area contributed by atoms with Gasteiger partial charge < -0.3 is 15.3 Å². The van der Waals surface area contributed by atoms with Crippen molar-refractivity contribution in [2.75, 3.05) is 18.8 Å². The van der Waals surface area contributed by atoms with Gasteiger partial charge in [-0.05, 0) is 44.2 Å². The monoisotopic (exact) mass is 314 g/mol. The highest BCUT2D eigenvalue weighted by molar-refractivity contribution is 8.00. The van der Waals surface area contributed by atoms with Crippen LogP contribution < -0.4 is 5.32 Å². The molecule has 1 amide bonds. The number of hydrogen-bond acceptors (Lipinski definition) is 4. The number of piperidine rings is 1. The van der Waals surface area contributed by atoms with Crippen molar-refractivity contribution in [2.45, 2.75) is 50.9 Å². The highest BCUT2D eigenvalue weighted by Gasteiger charge is 2.42. The van der Waals surface area contributed by atoms with Crippen LogP contribution in [0.5, 0.6) is 0 Å². The molecule has 0 aliphatic carbocycles. The summed E-state index contributed by atoms with van der Waals surface area (Å²) in [6, 6.07) is -0.650. The molecule has 2 aliphatic heterocycles. The van der Waals surface area contributed by atoms with Gasteiger partial charge in [-0.2, -0.15) is 0 Å². The Morgan fingerprint density at radius 2 is 2.00 bits per heavy atom. The number of carboxylic acid groups (broad SMARTS) is 1. The van der Waals surface area contributed by atoms with Gasteiger partial charge in [-0.15, -0.1) is 11.8 Å². The van der Waals surface area contributed by atoms with Crippen LogP contribution in [-0.4, -0.2) is 52.1 Å². The molecule has 0 aromatic rings. The van der Waals surface area contributed by atoms with Crippen molar-refractivity contribution in [1.82, 2.24) is 10.2 Å². The number of amides is 1. The summed E-state index contributed by atoms with van der Waals surface area (Å²) in [6.07, 6.45) is 3.62. The molecule has 2 rings (SSSR count). The van der Waals surface area contributed by atoms with Crippen LogP contribution in [0.25, 0.3) is 0 Å². The Labute approximate surface area is 130 Å². The Hall–Kier alpha value is -0.750. The van der Waals surface area contributed by atoms with Gasteiger partial charge >= 0.3 is 5.97 Å². The number of nitrogens with zero attached hydrogens (tertiary/aromatic N) is 1. The molecule has 2 aliphatic rings. The first-order valence-corrected chi connectivity index (χ1v) is 8.92. The maximum atomic E-state index is 12.6. The van der Waals surface area contributed by atoms with E-state index in [1.165, 1.54) is 0 Å². The summed E-state index contributed by atoms with van der Waals surface area (Å²) in [5, 5.41) is 12.7. The molecule has 2 atom stereocenters. The van der Waals surface area contributed by atoms with E-state index in [1.54, 1.807) is 16.7 Å². The molecule has 5 nitrogen and oxygen atoms in total. The fourth-order valence-corrected chi connectivity index (χ4v) is 4.67. The Morgan fingerprint density at radius 1 is 1.33 bits per heavy atom. The van der Waals surface area contributed by atoms with Gasteiger partial charge in [0.2, 0.25) is 5.91 Å². The highest BCUT2D eigenvalue weighted by atomic mass is 32.2. The Morgan fingerprint density at radius 3 is 2.57 bits per heavy atom. The van der Waals surface area contributed by atoms with Gasteiger partial charge in [-0.1, -0.05) is 13.8 Å². The van der Waals surface area contributed by atoms with E-state index in [4.69, 9.17) is 0 Å². The van der Waals surface area contributed by atoms with Gasteiger partial charge in [-0.3, -0.25) is 4.79 Å². The fourth-order valence-electron chi connectivity index (χ4n) is 3.17. The smallest absolute Gasteiger partial charge is 0.327 e. The van der Waals surface area contributed by atoms with Crippen molar-refractivity contribution in [1.29, 1.82) is 0 Å². The van der Waals surface area contributed by atoms with E-state index in [9.17, 15) is 14.7 Å².